The van der Waals surface area contributed by atoms with Crippen LogP contribution in [0.25, 0.3) is 0 Å². The second-order valence-electron chi connectivity index (χ2n) is 18.3. The van der Waals surface area contributed by atoms with Gasteiger partial charge in [0.2, 0.25) is 5.91 Å². The standard InChI is InChI=1S/C53H103NO5/c1-4-7-10-13-16-19-22-24-25-26-27-29-30-32-35-38-41-44-49(59-53(58)46-43-40-37-34-31-28-23-20-17-14-11-8-5-2)47-52(57)54-50(48-55)51(56)45-42-39-36-33-21-18-15-12-9-6-3/h24-25,49-51,55-56H,4-23,26-48H2,1-3H3,(H,54,57)/b25-24+. The molecule has 0 aliphatic carbocycles. The highest BCUT2D eigenvalue weighted by molar-refractivity contribution is 5.77. The number of nitrogens with one attached hydrogen (secondary N) is 1. The minimum absolute atomic E-state index is 0.0815. The number of ether oxygens (including phenoxy) is 1. The van der Waals surface area contributed by atoms with Crippen LogP contribution in [-0.4, -0.2) is 46.9 Å². The van der Waals surface area contributed by atoms with E-state index in [1.807, 2.05) is 0 Å². The number of amides is 1. The third-order valence-electron chi connectivity index (χ3n) is 12.3. The van der Waals surface area contributed by atoms with Gasteiger partial charge in [-0.1, -0.05) is 238 Å². The van der Waals surface area contributed by atoms with Gasteiger partial charge < -0.3 is 20.3 Å². The number of hydrogen-bond donors (Lipinski definition) is 3. The van der Waals surface area contributed by atoms with Crippen LogP contribution < -0.4 is 5.32 Å². The van der Waals surface area contributed by atoms with Crippen LogP contribution in [0.3, 0.4) is 0 Å². The second-order valence-corrected chi connectivity index (χ2v) is 18.3. The number of rotatable bonds is 48. The molecule has 0 fully saturated rings. The zero-order valence-corrected chi connectivity index (χ0v) is 39.9. The zero-order chi connectivity index (χ0) is 43.1. The molecule has 1 amide bonds. The van der Waals surface area contributed by atoms with Gasteiger partial charge in [0.25, 0.3) is 0 Å². The van der Waals surface area contributed by atoms with Gasteiger partial charge in [-0.2, -0.15) is 0 Å². The molecule has 0 bridgehead atoms. The number of carbonyl (C=O) groups is 2. The van der Waals surface area contributed by atoms with Crippen molar-refractivity contribution in [3.8, 4) is 0 Å². The minimum Gasteiger partial charge on any atom is -0.462 e. The van der Waals surface area contributed by atoms with E-state index in [1.54, 1.807) is 0 Å². The first-order valence-electron chi connectivity index (χ1n) is 26.4. The first-order chi connectivity index (χ1) is 29.0. The summed E-state index contributed by atoms with van der Waals surface area (Å²) in [5.74, 6) is -0.461. The summed E-state index contributed by atoms with van der Waals surface area (Å²) in [6.45, 7) is 6.49. The van der Waals surface area contributed by atoms with E-state index in [2.05, 4.69) is 38.2 Å². The molecule has 0 spiro atoms. The average molecular weight is 834 g/mol. The molecular weight excluding hydrogens is 731 g/mol. The smallest absolute Gasteiger partial charge is 0.306 e. The third kappa shape index (κ3) is 43.1. The van der Waals surface area contributed by atoms with Gasteiger partial charge in [-0.15, -0.1) is 0 Å². The van der Waals surface area contributed by atoms with Crippen LogP contribution in [0, 0.1) is 0 Å². The van der Waals surface area contributed by atoms with Crippen LogP contribution in [0.1, 0.15) is 290 Å². The molecule has 0 heterocycles. The van der Waals surface area contributed by atoms with Gasteiger partial charge in [0, 0.05) is 6.42 Å². The lowest BCUT2D eigenvalue weighted by Gasteiger charge is -2.24. The Morgan fingerprint density at radius 2 is 0.814 bits per heavy atom. The van der Waals surface area contributed by atoms with Crippen LogP contribution in [0.4, 0.5) is 0 Å². The number of unbranched alkanes of at least 4 members (excludes halogenated alkanes) is 34. The first-order valence-corrected chi connectivity index (χ1v) is 26.4. The molecule has 0 aromatic carbocycles. The van der Waals surface area contributed by atoms with E-state index >= 15 is 0 Å². The van der Waals surface area contributed by atoms with E-state index in [-0.39, 0.29) is 24.9 Å². The van der Waals surface area contributed by atoms with Gasteiger partial charge >= 0.3 is 5.97 Å². The fraction of sp³-hybridized carbons (Fsp3) is 0.925. The molecule has 0 aliphatic rings. The highest BCUT2D eigenvalue weighted by Crippen LogP contribution is 2.18. The summed E-state index contributed by atoms with van der Waals surface area (Å²) in [5.41, 5.74) is 0. The highest BCUT2D eigenvalue weighted by atomic mass is 16.5. The molecule has 0 saturated heterocycles. The molecule has 3 atom stereocenters. The first kappa shape index (κ1) is 57.6. The lowest BCUT2D eigenvalue weighted by Crippen LogP contribution is -2.46. The van der Waals surface area contributed by atoms with Gasteiger partial charge in [0.15, 0.2) is 0 Å². The maximum Gasteiger partial charge on any atom is 0.306 e. The number of hydrogen-bond acceptors (Lipinski definition) is 5. The van der Waals surface area contributed by atoms with Crippen LogP contribution >= 0.6 is 0 Å². The largest absolute Gasteiger partial charge is 0.462 e. The summed E-state index contributed by atoms with van der Waals surface area (Å²) in [6.07, 6.45) is 52.7. The summed E-state index contributed by atoms with van der Waals surface area (Å²) < 4.78 is 5.94. The summed E-state index contributed by atoms with van der Waals surface area (Å²) >= 11 is 0. The SMILES string of the molecule is CCCCCCCC/C=C/CCCCCCCCCC(CC(=O)NC(CO)C(O)CCCCCCCCCCCC)OC(=O)CCCCCCCCCCCCCCC. The fourth-order valence-corrected chi connectivity index (χ4v) is 8.31. The van der Waals surface area contributed by atoms with Crippen molar-refractivity contribution in [3.63, 3.8) is 0 Å². The maximum absolute atomic E-state index is 13.2. The Balaban J connectivity index is 4.54. The Bertz CT molecular complexity index is 893. The van der Waals surface area contributed by atoms with Crippen molar-refractivity contribution in [2.24, 2.45) is 0 Å². The quantitative estimate of drug-likeness (QED) is 0.0322. The Morgan fingerprint density at radius 3 is 1.20 bits per heavy atom. The minimum atomic E-state index is -0.782. The van der Waals surface area contributed by atoms with Gasteiger partial charge in [-0.3, -0.25) is 9.59 Å². The molecule has 6 nitrogen and oxygen atoms in total. The molecule has 350 valence electrons. The van der Waals surface area contributed by atoms with Gasteiger partial charge in [-0.25, -0.2) is 0 Å². The predicted molar refractivity (Wildman–Crippen MR) is 255 cm³/mol. The lowest BCUT2D eigenvalue weighted by atomic mass is 10.0. The molecule has 6 heteroatoms. The van der Waals surface area contributed by atoms with E-state index in [0.29, 0.717) is 19.3 Å². The van der Waals surface area contributed by atoms with Gasteiger partial charge in [0.1, 0.15) is 6.10 Å². The van der Waals surface area contributed by atoms with E-state index in [9.17, 15) is 19.8 Å². The topological polar surface area (TPSA) is 95.9 Å². The summed E-state index contributed by atoms with van der Waals surface area (Å²) in [7, 11) is 0. The molecule has 0 radical (unpaired) electrons. The van der Waals surface area contributed by atoms with Gasteiger partial charge in [0.05, 0.1) is 25.2 Å². The van der Waals surface area contributed by atoms with Crippen molar-refractivity contribution in [1.29, 1.82) is 0 Å². The normalized spacial score (nSPS) is 13.2. The number of carbonyl (C=O) groups excluding carboxylic acids is 2. The van der Waals surface area contributed by atoms with Crippen molar-refractivity contribution in [1.82, 2.24) is 5.32 Å². The fourth-order valence-electron chi connectivity index (χ4n) is 8.31. The lowest BCUT2D eigenvalue weighted by molar-refractivity contribution is -0.151. The maximum atomic E-state index is 13.2. The van der Waals surface area contributed by atoms with Crippen molar-refractivity contribution < 1.29 is 24.5 Å². The van der Waals surface area contributed by atoms with Crippen molar-refractivity contribution in [3.05, 3.63) is 12.2 Å². The van der Waals surface area contributed by atoms with E-state index in [1.165, 1.54) is 193 Å². The molecule has 0 saturated carbocycles. The van der Waals surface area contributed by atoms with Crippen LogP contribution in [0.2, 0.25) is 0 Å². The summed E-state index contributed by atoms with van der Waals surface area (Å²) in [6, 6.07) is -0.695. The molecular formula is C53H103NO5. The van der Waals surface area contributed by atoms with Crippen molar-refractivity contribution in [2.75, 3.05) is 6.61 Å². The Hall–Kier alpha value is -1.40. The monoisotopic (exact) mass is 834 g/mol. The van der Waals surface area contributed by atoms with E-state index in [4.69, 9.17) is 4.74 Å². The highest BCUT2D eigenvalue weighted by Gasteiger charge is 2.24. The number of allylic oxidation sites excluding steroid dienone is 2. The number of aliphatic hydroxyl groups is 2. The summed E-state index contributed by atoms with van der Waals surface area (Å²) in [4.78, 5) is 26.1. The Morgan fingerprint density at radius 1 is 0.475 bits per heavy atom. The van der Waals surface area contributed by atoms with Crippen LogP contribution in [0.15, 0.2) is 12.2 Å². The molecule has 59 heavy (non-hydrogen) atoms. The molecule has 0 aromatic rings. The van der Waals surface area contributed by atoms with Crippen molar-refractivity contribution in [2.45, 2.75) is 309 Å². The third-order valence-corrected chi connectivity index (χ3v) is 12.3. The molecule has 3 N–H and O–H groups in total. The van der Waals surface area contributed by atoms with Crippen molar-refractivity contribution >= 4 is 11.9 Å². The van der Waals surface area contributed by atoms with E-state index in [0.717, 1.165) is 51.4 Å². The van der Waals surface area contributed by atoms with E-state index < -0.39 is 18.2 Å². The van der Waals surface area contributed by atoms with Gasteiger partial charge in [-0.05, 0) is 51.4 Å². The Kier molecular flexibility index (Phi) is 46.5. The summed E-state index contributed by atoms with van der Waals surface area (Å²) in [5, 5.41) is 23.7. The molecule has 3 unspecified atom stereocenters. The number of aliphatic hydroxyl groups excluding tert-OH is 2. The second kappa shape index (κ2) is 47.6. The van der Waals surface area contributed by atoms with Crippen LogP contribution in [0.5, 0.6) is 0 Å². The molecule has 0 aromatic heterocycles. The van der Waals surface area contributed by atoms with Crippen LogP contribution in [-0.2, 0) is 14.3 Å². The predicted octanol–water partition coefficient (Wildman–Crippen LogP) is 15.7. The molecule has 0 aliphatic heterocycles. The average Bonchev–Trinajstić information content (AvgIpc) is 3.23. The molecule has 0 rings (SSSR count). The number of esters is 1. The zero-order valence-electron chi connectivity index (χ0n) is 39.9. The Labute approximate surface area is 368 Å².